The van der Waals surface area contributed by atoms with E-state index in [2.05, 4.69) is 17.0 Å². The van der Waals surface area contributed by atoms with Crippen molar-refractivity contribution in [3.05, 3.63) is 110 Å². The average Bonchev–Trinajstić information content (AvgIpc) is 3.04. The number of carbonyl (C=O) groups is 1. The third-order valence-corrected chi connectivity index (χ3v) is 6.63. The van der Waals surface area contributed by atoms with Gasteiger partial charge in [-0.05, 0) is 62.2 Å². The van der Waals surface area contributed by atoms with E-state index in [-0.39, 0.29) is 36.0 Å². The molecule has 1 N–H and O–H groups in total. The lowest BCUT2D eigenvalue weighted by molar-refractivity contribution is 0.102. The molecule has 4 rings (SSSR count). The van der Waals surface area contributed by atoms with Crippen molar-refractivity contribution >= 4 is 29.8 Å². The Morgan fingerprint density at radius 2 is 1.64 bits per heavy atom. The van der Waals surface area contributed by atoms with Crippen LogP contribution in [-0.4, -0.2) is 49.7 Å². The number of allylic oxidation sites excluding steroid dienone is 1. The SMILES string of the molecule is C=Nc1cc(OC)c(OC)cc1/C(=C\C)Oc1ccc(NC(=O)c2cn(CCOC)c(=O)n(-c3ccc(F)cc3)c2=O)cc1F. The number of aliphatic imine (C=N–C) groups is 1. The number of amides is 1. The van der Waals surface area contributed by atoms with Crippen molar-refractivity contribution in [2.45, 2.75) is 13.5 Å². The van der Waals surface area contributed by atoms with Gasteiger partial charge in [0, 0.05) is 36.7 Å². The van der Waals surface area contributed by atoms with Crippen LogP contribution in [0, 0.1) is 11.6 Å². The van der Waals surface area contributed by atoms with Crippen LogP contribution in [-0.2, 0) is 11.3 Å². The Morgan fingerprint density at radius 3 is 2.24 bits per heavy atom. The number of carbonyl (C=O) groups excluding carboxylic acids is 1. The highest BCUT2D eigenvalue weighted by Crippen LogP contribution is 2.39. The predicted molar refractivity (Wildman–Crippen MR) is 166 cm³/mol. The fourth-order valence-electron chi connectivity index (χ4n) is 4.37. The standard InChI is InChI=1S/C32H30F2N4O7/c1-6-26(22-16-28(43-4)29(44-5)17-25(22)35-2)45-27-12-9-20(15-24(27)34)36-30(39)23-18-37(13-14-42-3)32(41)38(31(23)40)21-10-7-19(33)8-11-21/h6-12,15-18H,2,13-14H2,1,3-5H3,(H,36,39)/b26-6+. The van der Waals surface area contributed by atoms with E-state index in [0.717, 1.165) is 33.5 Å². The Kier molecular flexibility index (Phi) is 10.3. The monoisotopic (exact) mass is 620 g/mol. The largest absolute Gasteiger partial charge is 0.493 e. The smallest absolute Gasteiger partial charge is 0.335 e. The molecule has 234 valence electrons. The van der Waals surface area contributed by atoms with Crippen LogP contribution in [0.1, 0.15) is 22.8 Å². The molecule has 3 aromatic carbocycles. The average molecular weight is 621 g/mol. The lowest BCUT2D eigenvalue weighted by Crippen LogP contribution is -2.42. The van der Waals surface area contributed by atoms with Crippen molar-refractivity contribution in [2.75, 3.05) is 33.3 Å². The van der Waals surface area contributed by atoms with Gasteiger partial charge in [0.2, 0.25) is 0 Å². The number of hydrogen-bond donors (Lipinski definition) is 1. The van der Waals surface area contributed by atoms with Gasteiger partial charge < -0.3 is 24.3 Å². The van der Waals surface area contributed by atoms with Gasteiger partial charge >= 0.3 is 5.69 Å². The number of aromatic nitrogens is 2. The zero-order valence-corrected chi connectivity index (χ0v) is 24.9. The maximum absolute atomic E-state index is 15.3. The van der Waals surface area contributed by atoms with Crippen LogP contribution in [0.3, 0.4) is 0 Å². The van der Waals surface area contributed by atoms with Crippen LogP contribution in [0.25, 0.3) is 11.4 Å². The highest BCUT2D eigenvalue weighted by Gasteiger charge is 2.21. The summed E-state index contributed by atoms with van der Waals surface area (Å²) in [6.45, 7) is 5.40. The molecular formula is C32H30F2N4O7. The van der Waals surface area contributed by atoms with Crippen molar-refractivity contribution in [2.24, 2.45) is 4.99 Å². The molecule has 0 unspecified atom stereocenters. The summed E-state index contributed by atoms with van der Waals surface area (Å²) in [7, 11) is 4.38. The molecule has 11 nitrogen and oxygen atoms in total. The third-order valence-electron chi connectivity index (χ3n) is 6.63. The second-order valence-electron chi connectivity index (χ2n) is 9.37. The first kappa shape index (κ1) is 32.4. The minimum atomic E-state index is -0.947. The topological polar surface area (TPSA) is 122 Å². The Morgan fingerprint density at radius 1 is 0.956 bits per heavy atom. The molecule has 0 fully saturated rings. The number of halogens is 2. The van der Waals surface area contributed by atoms with E-state index in [9.17, 15) is 18.8 Å². The fraction of sp³-hybridized carbons (Fsp3) is 0.188. The van der Waals surface area contributed by atoms with Gasteiger partial charge in [0.1, 0.15) is 17.1 Å². The molecule has 0 spiro atoms. The molecule has 0 aliphatic rings. The first-order valence-corrected chi connectivity index (χ1v) is 13.4. The zero-order valence-electron chi connectivity index (χ0n) is 24.9. The highest BCUT2D eigenvalue weighted by atomic mass is 19.1. The third kappa shape index (κ3) is 6.99. The van der Waals surface area contributed by atoms with Crippen molar-refractivity contribution in [1.29, 1.82) is 0 Å². The van der Waals surface area contributed by atoms with Gasteiger partial charge in [-0.1, -0.05) is 0 Å². The van der Waals surface area contributed by atoms with Gasteiger partial charge in [-0.15, -0.1) is 0 Å². The number of nitrogens with zero attached hydrogens (tertiary/aromatic N) is 3. The molecule has 1 amide bonds. The first-order valence-electron chi connectivity index (χ1n) is 13.4. The summed E-state index contributed by atoms with van der Waals surface area (Å²) in [5.41, 5.74) is -1.18. The molecule has 0 bridgehead atoms. The molecule has 0 saturated heterocycles. The number of ether oxygens (including phenoxy) is 4. The molecule has 0 radical (unpaired) electrons. The number of nitrogens with one attached hydrogen (secondary N) is 1. The maximum Gasteiger partial charge on any atom is 0.335 e. The molecule has 4 aromatic rings. The number of methoxy groups -OCH3 is 3. The van der Waals surface area contributed by atoms with Crippen molar-refractivity contribution in [3.8, 4) is 22.9 Å². The number of rotatable bonds is 12. The van der Waals surface area contributed by atoms with Crippen molar-refractivity contribution < 1.29 is 32.5 Å². The summed E-state index contributed by atoms with van der Waals surface area (Å²) in [4.78, 5) is 43.7. The molecule has 0 saturated carbocycles. The second kappa shape index (κ2) is 14.3. The van der Waals surface area contributed by atoms with E-state index in [1.165, 1.54) is 45.6 Å². The van der Waals surface area contributed by atoms with E-state index in [1.54, 1.807) is 25.1 Å². The number of benzene rings is 3. The number of hydrogen-bond acceptors (Lipinski definition) is 8. The van der Waals surface area contributed by atoms with Gasteiger partial charge in [0.15, 0.2) is 23.1 Å². The van der Waals surface area contributed by atoms with Gasteiger partial charge in [0.05, 0.1) is 38.7 Å². The lowest BCUT2D eigenvalue weighted by Gasteiger charge is -2.16. The minimum absolute atomic E-state index is 0.00816. The van der Waals surface area contributed by atoms with Gasteiger partial charge in [-0.3, -0.25) is 19.1 Å². The van der Waals surface area contributed by atoms with Crippen LogP contribution < -0.4 is 30.8 Å². The molecule has 1 heterocycles. The van der Waals surface area contributed by atoms with Gasteiger partial charge in [0.25, 0.3) is 11.5 Å². The first-order chi connectivity index (χ1) is 21.6. The second-order valence-corrected chi connectivity index (χ2v) is 9.37. The molecule has 1 aromatic heterocycles. The van der Waals surface area contributed by atoms with Crippen LogP contribution in [0.4, 0.5) is 20.2 Å². The summed E-state index contributed by atoms with van der Waals surface area (Å²) in [5.74, 6) is -1.41. The quantitative estimate of drug-likeness (QED) is 0.175. The van der Waals surface area contributed by atoms with Gasteiger partial charge in [-0.25, -0.2) is 18.1 Å². The minimum Gasteiger partial charge on any atom is -0.493 e. The zero-order chi connectivity index (χ0) is 32.7. The van der Waals surface area contributed by atoms with Crippen molar-refractivity contribution in [1.82, 2.24) is 9.13 Å². The Bertz CT molecular complexity index is 1880. The normalized spacial score (nSPS) is 11.2. The van der Waals surface area contributed by atoms with Crippen LogP contribution in [0.5, 0.6) is 17.2 Å². The summed E-state index contributed by atoms with van der Waals surface area (Å²) in [6.07, 6.45) is 2.70. The molecule has 0 aliphatic heterocycles. The highest BCUT2D eigenvalue weighted by molar-refractivity contribution is 6.03. The number of anilines is 1. The van der Waals surface area contributed by atoms with E-state index in [1.807, 2.05) is 0 Å². The molecular weight excluding hydrogens is 590 g/mol. The summed E-state index contributed by atoms with van der Waals surface area (Å²) in [6, 6.07) is 11.6. The lowest BCUT2D eigenvalue weighted by atomic mass is 10.1. The molecule has 0 atom stereocenters. The predicted octanol–water partition coefficient (Wildman–Crippen LogP) is 4.97. The summed E-state index contributed by atoms with van der Waals surface area (Å²) >= 11 is 0. The van der Waals surface area contributed by atoms with Gasteiger partial charge in [-0.2, -0.15) is 0 Å². The van der Waals surface area contributed by atoms with Crippen LogP contribution in [0.2, 0.25) is 0 Å². The van der Waals surface area contributed by atoms with E-state index >= 15 is 4.39 Å². The van der Waals surface area contributed by atoms with E-state index in [4.69, 9.17) is 18.9 Å². The molecule has 13 heteroatoms. The Labute approximate surface area is 256 Å². The molecule has 0 aliphatic carbocycles. The van der Waals surface area contributed by atoms with E-state index in [0.29, 0.717) is 22.7 Å². The van der Waals surface area contributed by atoms with E-state index < -0.39 is 34.4 Å². The summed E-state index contributed by atoms with van der Waals surface area (Å²) < 4.78 is 52.2. The van der Waals surface area contributed by atoms with Crippen molar-refractivity contribution in [3.63, 3.8) is 0 Å². The van der Waals surface area contributed by atoms with Crippen LogP contribution in [0.15, 0.2) is 81.5 Å². The maximum atomic E-state index is 15.3. The Hall–Kier alpha value is -5.56. The Balaban J connectivity index is 1.64. The summed E-state index contributed by atoms with van der Waals surface area (Å²) in [5, 5.41) is 2.48. The fourth-order valence-corrected chi connectivity index (χ4v) is 4.37. The van der Waals surface area contributed by atoms with Crippen LogP contribution >= 0.6 is 0 Å². The molecule has 45 heavy (non-hydrogen) atoms.